The normalized spacial score (nSPS) is 13.8. The van der Waals surface area contributed by atoms with Gasteiger partial charge in [0.05, 0.1) is 0 Å². The zero-order chi connectivity index (χ0) is 15.5. The van der Waals surface area contributed by atoms with Gasteiger partial charge in [0.15, 0.2) is 0 Å². The molecule has 0 saturated carbocycles. The lowest BCUT2D eigenvalue weighted by molar-refractivity contribution is -0.138. The summed E-state index contributed by atoms with van der Waals surface area (Å²) in [5.74, 6) is 0.604. The molecule has 0 aromatic heterocycles. The van der Waals surface area contributed by atoms with Gasteiger partial charge in [-0.1, -0.05) is 13.8 Å². The largest absolute Gasteiger partial charge is 0.481 e. The number of hydrogen-bond donors (Lipinski definition) is 3. The van der Waals surface area contributed by atoms with Gasteiger partial charge < -0.3 is 15.7 Å². The van der Waals surface area contributed by atoms with Crippen molar-refractivity contribution >= 4 is 23.8 Å². The van der Waals surface area contributed by atoms with Crippen molar-refractivity contribution in [1.29, 1.82) is 0 Å². The summed E-state index contributed by atoms with van der Waals surface area (Å²) in [5.41, 5.74) is 0. The lowest BCUT2D eigenvalue weighted by Gasteiger charge is -2.19. The van der Waals surface area contributed by atoms with Crippen molar-refractivity contribution in [2.75, 3.05) is 18.6 Å². The minimum absolute atomic E-state index is 0.0141. The van der Waals surface area contributed by atoms with Crippen LogP contribution in [0, 0.1) is 11.8 Å². The highest BCUT2D eigenvalue weighted by molar-refractivity contribution is 7.98. The van der Waals surface area contributed by atoms with Gasteiger partial charge in [0.1, 0.15) is 0 Å². The van der Waals surface area contributed by atoms with Crippen LogP contribution < -0.4 is 10.6 Å². The van der Waals surface area contributed by atoms with Crippen LogP contribution >= 0.6 is 11.8 Å². The van der Waals surface area contributed by atoms with E-state index in [-0.39, 0.29) is 24.4 Å². The van der Waals surface area contributed by atoms with E-state index in [1.165, 1.54) is 0 Å². The molecule has 0 radical (unpaired) electrons. The number of thioether (sulfide) groups is 1. The molecular formula is C14H28N2O3S. The third-order valence-corrected chi connectivity index (χ3v) is 3.60. The lowest BCUT2D eigenvalue weighted by atomic mass is 9.94. The van der Waals surface area contributed by atoms with Crippen molar-refractivity contribution in [3.05, 3.63) is 0 Å². The smallest absolute Gasteiger partial charge is 0.315 e. The van der Waals surface area contributed by atoms with E-state index < -0.39 is 5.97 Å². The molecule has 0 heterocycles. The summed E-state index contributed by atoms with van der Waals surface area (Å²) in [7, 11) is 0. The molecule has 2 atom stereocenters. The molecule has 0 saturated heterocycles. The summed E-state index contributed by atoms with van der Waals surface area (Å²) in [4.78, 5) is 22.5. The fraction of sp³-hybridized carbons (Fsp3) is 0.857. The number of carboxylic acids is 1. The molecule has 20 heavy (non-hydrogen) atoms. The highest BCUT2D eigenvalue weighted by Gasteiger charge is 2.16. The maximum Gasteiger partial charge on any atom is 0.315 e. The maximum atomic E-state index is 11.7. The Kier molecular flexibility index (Phi) is 10.3. The molecular weight excluding hydrogens is 276 g/mol. The first-order valence-electron chi connectivity index (χ1n) is 7.10. The quantitative estimate of drug-likeness (QED) is 0.579. The third kappa shape index (κ3) is 11.0. The monoisotopic (exact) mass is 304 g/mol. The van der Waals surface area contributed by atoms with Gasteiger partial charge in [-0.05, 0) is 43.6 Å². The molecule has 0 spiro atoms. The number of carbonyl (C=O) groups excluding carboxylic acids is 1. The molecule has 2 amide bonds. The van der Waals surface area contributed by atoms with Gasteiger partial charge in [-0.2, -0.15) is 11.8 Å². The van der Waals surface area contributed by atoms with Crippen LogP contribution in [0.2, 0.25) is 0 Å². The van der Waals surface area contributed by atoms with Crippen molar-refractivity contribution in [3.63, 3.8) is 0 Å². The molecule has 0 fully saturated rings. The first-order valence-corrected chi connectivity index (χ1v) is 8.49. The molecule has 6 heteroatoms. The number of urea groups is 1. The number of carboxylic acid groups (broad SMARTS) is 1. The van der Waals surface area contributed by atoms with Crippen LogP contribution in [-0.2, 0) is 4.79 Å². The van der Waals surface area contributed by atoms with E-state index in [1.807, 2.05) is 13.2 Å². The minimum atomic E-state index is -0.814. The second kappa shape index (κ2) is 10.8. The van der Waals surface area contributed by atoms with Crippen LogP contribution in [0.15, 0.2) is 0 Å². The topological polar surface area (TPSA) is 78.4 Å². The SMILES string of the molecule is CSCCC(C)NC(=O)NC[C@H](CC(=O)O)CC(C)C. The van der Waals surface area contributed by atoms with Gasteiger partial charge in [0.2, 0.25) is 0 Å². The van der Waals surface area contributed by atoms with Gasteiger partial charge in [0, 0.05) is 19.0 Å². The fourth-order valence-corrected chi connectivity index (χ4v) is 2.62. The molecule has 118 valence electrons. The predicted octanol–water partition coefficient (Wildman–Crippen LogP) is 2.56. The zero-order valence-corrected chi connectivity index (χ0v) is 13.8. The molecule has 0 aliphatic rings. The van der Waals surface area contributed by atoms with Crippen LogP contribution in [-0.4, -0.2) is 41.7 Å². The van der Waals surface area contributed by atoms with Crippen LogP contribution in [0.5, 0.6) is 0 Å². The summed E-state index contributed by atoms with van der Waals surface area (Å²) >= 11 is 1.75. The standard InChI is InChI=1S/C14H28N2O3S/c1-10(2)7-12(8-13(17)18)9-15-14(19)16-11(3)5-6-20-4/h10-12H,5-9H2,1-4H3,(H,17,18)(H2,15,16,19)/t11?,12-/m0/s1. The molecule has 5 nitrogen and oxygen atoms in total. The summed E-state index contributed by atoms with van der Waals surface area (Å²) in [6.45, 7) is 6.49. The molecule has 0 aromatic rings. The number of nitrogens with one attached hydrogen (secondary N) is 2. The van der Waals surface area contributed by atoms with Crippen LogP contribution in [0.4, 0.5) is 4.79 Å². The Hall–Kier alpha value is -0.910. The Morgan fingerprint density at radius 2 is 1.90 bits per heavy atom. The fourth-order valence-electron chi connectivity index (χ4n) is 2.03. The van der Waals surface area contributed by atoms with Crippen LogP contribution in [0.3, 0.4) is 0 Å². The highest BCUT2D eigenvalue weighted by Crippen LogP contribution is 2.14. The third-order valence-electron chi connectivity index (χ3n) is 2.95. The van der Waals surface area contributed by atoms with E-state index in [1.54, 1.807) is 11.8 Å². The van der Waals surface area contributed by atoms with Crippen molar-refractivity contribution in [3.8, 4) is 0 Å². The molecule has 0 aliphatic heterocycles. The molecule has 3 N–H and O–H groups in total. The number of amides is 2. The van der Waals surface area contributed by atoms with Crippen molar-refractivity contribution < 1.29 is 14.7 Å². The maximum absolute atomic E-state index is 11.7. The lowest BCUT2D eigenvalue weighted by Crippen LogP contribution is -2.43. The average Bonchev–Trinajstić information content (AvgIpc) is 2.32. The first kappa shape index (κ1) is 19.1. The summed E-state index contributed by atoms with van der Waals surface area (Å²) in [6, 6.07) is -0.0804. The summed E-state index contributed by atoms with van der Waals surface area (Å²) in [6.07, 6.45) is 3.86. The van der Waals surface area contributed by atoms with E-state index >= 15 is 0 Å². The highest BCUT2D eigenvalue weighted by atomic mass is 32.2. The molecule has 1 unspecified atom stereocenters. The van der Waals surface area contributed by atoms with Gasteiger partial charge >= 0.3 is 12.0 Å². The van der Waals surface area contributed by atoms with E-state index in [2.05, 4.69) is 24.5 Å². The Morgan fingerprint density at radius 3 is 2.40 bits per heavy atom. The van der Waals surface area contributed by atoms with E-state index in [0.29, 0.717) is 12.5 Å². The number of hydrogen-bond acceptors (Lipinski definition) is 3. The Morgan fingerprint density at radius 1 is 1.25 bits per heavy atom. The van der Waals surface area contributed by atoms with Gasteiger partial charge in [-0.3, -0.25) is 4.79 Å². The second-order valence-electron chi connectivity index (χ2n) is 5.63. The van der Waals surface area contributed by atoms with E-state index in [4.69, 9.17) is 5.11 Å². The van der Waals surface area contributed by atoms with Crippen LogP contribution in [0.1, 0.15) is 40.0 Å². The molecule has 0 aromatic carbocycles. The van der Waals surface area contributed by atoms with Gasteiger partial charge in [-0.25, -0.2) is 4.79 Å². The average molecular weight is 304 g/mol. The first-order chi connectivity index (χ1) is 9.35. The van der Waals surface area contributed by atoms with Gasteiger partial charge in [-0.15, -0.1) is 0 Å². The van der Waals surface area contributed by atoms with Gasteiger partial charge in [0.25, 0.3) is 0 Å². The molecule has 0 rings (SSSR count). The van der Waals surface area contributed by atoms with Crippen molar-refractivity contribution in [2.24, 2.45) is 11.8 Å². The minimum Gasteiger partial charge on any atom is -0.481 e. The van der Waals surface area contributed by atoms with Crippen molar-refractivity contribution in [1.82, 2.24) is 10.6 Å². The number of carbonyl (C=O) groups is 2. The summed E-state index contributed by atoms with van der Waals surface area (Å²) in [5, 5.41) is 14.5. The van der Waals surface area contributed by atoms with Crippen LogP contribution in [0.25, 0.3) is 0 Å². The Bertz CT molecular complexity index is 298. The number of aliphatic carboxylic acids is 1. The Balaban J connectivity index is 4.06. The van der Waals surface area contributed by atoms with E-state index in [9.17, 15) is 9.59 Å². The molecule has 0 bridgehead atoms. The van der Waals surface area contributed by atoms with Crippen molar-refractivity contribution in [2.45, 2.75) is 46.1 Å². The molecule has 0 aliphatic carbocycles. The van der Waals surface area contributed by atoms with E-state index in [0.717, 1.165) is 18.6 Å². The zero-order valence-electron chi connectivity index (χ0n) is 12.9. The summed E-state index contributed by atoms with van der Waals surface area (Å²) < 4.78 is 0. The number of rotatable bonds is 10. The predicted molar refractivity (Wildman–Crippen MR) is 84.2 cm³/mol. The second-order valence-corrected chi connectivity index (χ2v) is 6.62. The Labute approximate surface area is 126 Å².